The number of esters is 1. The minimum absolute atomic E-state index is 0.0392. The minimum Gasteiger partial charge on any atom is -0.494 e. The Bertz CT molecular complexity index is 1370. The van der Waals surface area contributed by atoms with Crippen LogP contribution in [0.4, 0.5) is 18.0 Å². The van der Waals surface area contributed by atoms with Crippen LogP contribution < -0.4 is 25.0 Å². The highest BCUT2D eigenvalue weighted by atomic mass is 19.4. The Morgan fingerprint density at radius 2 is 1.61 bits per heavy atom. The number of rotatable bonds is 7. The van der Waals surface area contributed by atoms with Crippen molar-refractivity contribution < 1.29 is 46.1 Å². The SMILES string of the molecule is CCOc1ccc(Oc2c(C(F)(F)F)oc3cc(OC(=O)C(C)NC(=O)OC(C)(C)C)ccc3c2=O)cc1. The van der Waals surface area contributed by atoms with Gasteiger partial charge in [-0.15, -0.1) is 0 Å². The van der Waals surface area contributed by atoms with E-state index < -0.39 is 52.4 Å². The summed E-state index contributed by atoms with van der Waals surface area (Å²) in [5, 5.41) is 2.05. The topological polar surface area (TPSA) is 113 Å². The summed E-state index contributed by atoms with van der Waals surface area (Å²) in [7, 11) is 0. The number of alkyl carbamates (subject to hydrolysis) is 1. The van der Waals surface area contributed by atoms with Gasteiger partial charge in [0.05, 0.1) is 12.0 Å². The molecule has 0 spiro atoms. The molecule has 0 saturated carbocycles. The van der Waals surface area contributed by atoms with Crippen LogP contribution in [0.15, 0.2) is 51.7 Å². The minimum atomic E-state index is -5.08. The van der Waals surface area contributed by atoms with E-state index in [4.69, 9.17) is 23.4 Å². The highest BCUT2D eigenvalue weighted by Crippen LogP contribution is 2.39. The molecule has 1 aromatic heterocycles. The smallest absolute Gasteiger partial charge is 0.453 e. The van der Waals surface area contributed by atoms with Gasteiger partial charge < -0.3 is 28.7 Å². The fourth-order valence-corrected chi connectivity index (χ4v) is 3.14. The first kappa shape index (κ1) is 28.4. The predicted molar refractivity (Wildman–Crippen MR) is 130 cm³/mol. The number of halogens is 3. The molecule has 0 aliphatic heterocycles. The number of hydrogen-bond donors (Lipinski definition) is 1. The average Bonchev–Trinajstić information content (AvgIpc) is 2.80. The van der Waals surface area contributed by atoms with Gasteiger partial charge in [0, 0.05) is 6.07 Å². The van der Waals surface area contributed by atoms with Crippen molar-refractivity contribution in [3.63, 3.8) is 0 Å². The lowest BCUT2D eigenvalue weighted by molar-refractivity contribution is -0.154. The maximum atomic E-state index is 13.8. The van der Waals surface area contributed by atoms with Crippen molar-refractivity contribution in [1.82, 2.24) is 5.32 Å². The number of amides is 1. The van der Waals surface area contributed by atoms with Crippen LogP contribution in [0.3, 0.4) is 0 Å². The van der Waals surface area contributed by atoms with Crippen LogP contribution >= 0.6 is 0 Å². The molecular formula is C26H26F3NO8. The van der Waals surface area contributed by atoms with Gasteiger partial charge >= 0.3 is 18.2 Å². The zero-order chi connectivity index (χ0) is 28.3. The molecule has 0 aliphatic rings. The lowest BCUT2D eigenvalue weighted by Gasteiger charge is -2.21. The summed E-state index contributed by atoms with van der Waals surface area (Å²) in [5.41, 5.74) is -2.36. The monoisotopic (exact) mass is 537 g/mol. The van der Waals surface area contributed by atoms with E-state index in [-0.39, 0.29) is 16.9 Å². The maximum absolute atomic E-state index is 13.8. The molecule has 1 N–H and O–H groups in total. The number of alkyl halides is 3. The number of hydrogen-bond acceptors (Lipinski definition) is 8. The Kier molecular flexibility index (Phi) is 8.23. The van der Waals surface area contributed by atoms with Crippen molar-refractivity contribution in [2.45, 2.75) is 52.4 Å². The van der Waals surface area contributed by atoms with Gasteiger partial charge in [-0.05, 0) is 71.0 Å². The van der Waals surface area contributed by atoms with Gasteiger partial charge in [-0.1, -0.05) is 0 Å². The first-order chi connectivity index (χ1) is 17.7. The number of nitrogens with one attached hydrogen (secondary N) is 1. The normalized spacial score (nSPS) is 12.5. The number of ether oxygens (including phenoxy) is 4. The molecule has 0 saturated heterocycles. The molecule has 3 aromatic rings. The molecule has 2 aromatic carbocycles. The van der Waals surface area contributed by atoms with Crippen molar-refractivity contribution in [2.24, 2.45) is 0 Å². The summed E-state index contributed by atoms with van der Waals surface area (Å²) < 4.78 is 67.2. The van der Waals surface area contributed by atoms with Crippen molar-refractivity contribution >= 4 is 23.0 Å². The summed E-state index contributed by atoms with van der Waals surface area (Å²) >= 11 is 0. The zero-order valence-corrected chi connectivity index (χ0v) is 21.2. The first-order valence-corrected chi connectivity index (χ1v) is 11.5. The molecule has 9 nitrogen and oxygen atoms in total. The Labute approximate surface area is 215 Å². The van der Waals surface area contributed by atoms with Gasteiger partial charge in [0.15, 0.2) is 0 Å². The van der Waals surface area contributed by atoms with Crippen molar-refractivity contribution in [1.29, 1.82) is 0 Å². The van der Waals surface area contributed by atoms with Gasteiger partial charge in [0.1, 0.15) is 34.5 Å². The number of carbonyl (C=O) groups is 2. The summed E-state index contributed by atoms with van der Waals surface area (Å²) in [5.74, 6) is -3.41. The standard InChI is InChI=1S/C26H26F3NO8/c1-6-34-15-7-9-16(10-8-15)35-21-20(31)18-12-11-17(13-19(18)37-22(21)26(27,28)29)36-23(32)14(2)30-24(33)38-25(3,4)5/h7-14H,6H2,1-5H3,(H,30,33). The summed E-state index contributed by atoms with van der Waals surface area (Å²) in [6.45, 7) is 8.42. The summed E-state index contributed by atoms with van der Waals surface area (Å²) in [6.07, 6.45) is -5.94. The summed E-state index contributed by atoms with van der Waals surface area (Å²) in [4.78, 5) is 37.2. The molecule has 0 fully saturated rings. The predicted octanol–water partition coefficient (Wildman–Crippen LogP) is 5.82. The molecular weight excluding hydrogens is 511 g/mol. The molecule has 1 heterocycles. The van der Waals surface area contributed by atoms with Crippen LogP contribution in [0.25, 0.3) is 11.0 Å². The van der Waals surface area contributed by atoms with E-state index in [0.717, 1.165) is 12.1 Å². The third-order valence-corrected chi connectivity index (χ3v) is 4.74. The Morgan fingerprint density at radius 1 is 1.00 bits per heavy atom. The molecule has 0 bridgehead atoms. The second-order valence-electron chi connectivity index (χ2n) is 9.04. The van der Waals surface area contributed by atoms with Gasteiger partial charge in [0.25, 0.3) is 5.76 Å². The Hall–Kier alpha value is -4.22. The molecule has 3 rings (SSSR count). The lowest BCUT2D eigenvalue weighted by Crippen LogP contribution is -2.43. The van der Waals surface area contributed by atoms with Crippen molar-refractivity contribution in [2.75, 3.05) is 6.61 Å². The molecule has 0 radical (unpaired) electrons. The third-order valence-electron chi connectivity index (χ3n) is 4.74. The summed E-state index contributed by atoms with van der Waals surface area (Å²) in [6, 6.07) is 7.82. The van der Waals surface area contributed by atoms with Crippen LogP contribution in [0.5, 0.6) is 23.0 Å². The third kappa shape index (κ3) is 7.17. The highest BCUT2D eigenvalue weighted by Gasteiger charge is 2.40. The van der Waals surface area contributed by atoms with Crippen LogP contribution in [0.2, 0.25) is 0 Å². The van der Waals surface area contributed by atoms with Gasteiger partial charge in [-0.3, -0.25) is 4.79 Å². The van der Waals surface area contributed by atoms with E-state index in [1.165, 1.54) is 37.3 Å². The molecule has 12 heteroatoms. The van der Waals surface area contributed by atoms with Gasteiger partial charge in [-0.2, -0.15) is 13.2 Å². The van der Waals surface area contributed by atoms with Crippen molar-refractivity contribution in [3.05, 3.63) is 58.4 Å². The molecule has 1 atom stereocenters. The van der Waals surface area contributed by atoms with E-state index in [0.29, 0.717) is 12.4 Å². The number of carbonyl (C=O) groups excluding carboxylic acids is 2. The van der Waals surface area contributed by atoms with Crippen LogP contribution in [0, 0.1) is 0 Å². The second-order valence-corrected chi connectivity index (χ2v) is 9.04. The van der Waals surface area contributed by atoms with Crippen LogP contribution in [0.1, 0.15) is 40.4 Å². The molecule has 1 unspecified atom stereocenters. The Balaban J connectivity index is 1.89. The molecule has 38 heavy (non-hydrogen) atoms. The highest BCUT2D eigenvalue weighted by molar-refractivity contribution is 5.84. The molecule has 204 valence electrons. The van der Waals surface area contributed by atoms with Crippen molar-refractivity contribution in [3.8, 4) is 23.0 Å². The van der Waals surface area contributed by atoms with E-state index in [1.807, 2.05) is 0 Å². The van der Waals surface area contributed by atoms with E-state index in [9.17, 15) is 27.6 Å². The molecule has 1 amide bonds. The largest absolute Gasteiger partial charge is 0.494 e. The molecule has 0 aliphatic carbocycles. The van der Waals surface area contributed by atoms with E-state index >= 15 is 0 Å². The lowest BCUT2D eigenvalue weighted by atomic mass is 10.2. The first-order valence-electron chi connectivity index (χ1n) is 11.5. The van der Waals surface area contributed by atoms with Crippen LogP contribution in [-0.4, -0.2) is 30.3 Å². The van der Waals surface area contributed by atoms with E-state index in [2.05, 4.69) is 5.32 Å². The van der Waals surface area contributed by atoms with Gasteiger partial charge in [0.2, 0.25) is 11.2 Å². The maximum Gasteiger partial charge on any atom is 0.453 e. The van der Waals surface area contributed by atoms with E-state index in [1.54, 1.807) is 27.7 Å². The zero-order valence-electron chi connectivity index (χ0n) is 21.2. The Morgan fingerprint density at radius 3 is 2.18 bits per heavy atom. The fraction of sp³-hybridized carbons (Fsp3) is 0.346. The van der Waals surface area contributed by atoms with Crippen LogP contribution in [-0.2, 0) is 15.7 Å². The quantitative estimate of drug-likeness (QED) is 0.296. The average molecular weight is 537 g/mol. The second kappa shape index (κ2) is 11.0. The fourth-order valence-electron chi connectivity index (χ4n) is 3.14. The number of fused-ring (bicyclic) bond motifs is 1. The van der Waals surface area contributed by atoms with Gasteiger partial charge in [-0.25, -0.2) is 9.59 Å². The number of benzene rings is 2.